The summed E-state index contributed by atoms with van der Waals surface area (Å²) in [6.07, 6.45) is 1.51. The molecule has 0 aliphatic carbocycles. The summed E-state index contributed by atoms with van der Waals surface area (Å²) in [5.74, 6) is -0.426. The molecule has 4 heteroatoms. The first kappa shape index (κ1) is 13.8. The molecule has 0 aromatic heterocycles. The molecular formula is C16H16NO3+. The monoisotopic (exact) mass is 270 g/mol. The van der Waals surface area contributed by atoms with Crippen LogP contribution in [0.4, 0.5) is 0 Å². The summed E-state index contributed by atoms with van der Waals surface area (Å²) in [5, 5.41) is 9.96. The van der Waals surface area contributed by atoms with Gasteiger partial charge in [0.1, 0.15) is 0 Å². The lowest BCUT2D eigenvalue weighted by Crippen LogP contribution is -2.12. The molecule has 20 heavy (non-hydrogen) atoms. The van der Waals surface area contributed by atoms with Gasteiger partial charge >= 0.3 is 5.97 Å². The molecule has 0 bridgehead atoms. The number of nitrogens with zero attached hydrogens (tertiary/aromatic N) is 1. The average Bonchev–Trinajstić information content (AvgIpc) is 2.48. The van der Waals surface area contributed by atoms with Gasteiger partial charge in [0.25, 0.3) is 0 Å². The minimum absolute atomic E-state index is 0.344. The molecule has 2 aromatic rings. The van der Waals surface area contributed by atoms with Gasteiger partial charge in [0.05, 0.1) is 18.2 Å². The standard InChI is InChI=1S/C16H16NO3/c1-20-16(18)15-10-6-5-9-14(15)12-17(19)11-13-7-3-2-4-8-13/h2-10,12,19H,11H2,1H3/q+1. The lowest BCUT2D eigenvalue weighted by atomic mass is 10.1. The summed E-state index contributed by atoms with van der Waals surface area (Å²) in [6, 6.07) is 16.5. The predicted octanol–water partition coefficient (Wildman–Crippen LogP) is 2.49. The molecule has 0 saturated heterocycles. The van der Waals surface area contributed by atoms with Crippen LogP contribution in [0.25, 0.3) is 0 Å². The van der Waals surface area contributed by atoms with Crippen molar-refractivity contribution in [3.05, 3.63) is 71.3 Å². The molecule has 0 radical (unpaired) electrons. The summed E-state index contributed by atoms with van der Waals surface area (Å²) < 4.78 is 5.77. The molecule has 0 fully saturated rings. The Morgan fingerprint density at radius 3 is 2.50 bits per heavy atom. The Bertz CT molecular complexity index is 621. The molecular weight excluding hydrogens is 254 g/mol. The Kier molecular flexibility index (Phi) is 4.50. The zero-order chi connectivity index (χ0) is 14.4. The minimum Gasteiger partial charge on any atom is -0.465 e. The Hall–Kier alpha value is -2.62. The van der Waals surface area contributed by atoms with Crippen molar-refractivity contribution in [3.63, 3.8) is 0 Å². The van der Waals surface area contributed by atoms with Crippen molar-refractivity contribution >= 4 is 12.2 Å². The van der Waals surface area contributed by atoms with Gasteiger partial charge in [-0.2, -0.15) is 0 Å². The molecule has 0 aliphatic heterocycles. The largest absolute Gasteiger partial charge is 0.465 e. The Morgan fingerprint density at radius 1 is 1.15 bits per heavy atom. The fraction of sp³-hybridized carbons (Fsp3) is 0.125. The Morgan fingerprint density at radius 2 is 1.80 bits per heavy atom. The van der Waals surface area contributed by atoms with Gasteiger partial charge in [-0.05, 0) is 16.9 Å². The highest BCUT2D eigenvalue weighted by Gasteiger charge is 2.13. The molecule has 0 aliphatic rings. The summed E-state index contributed by atoms with van der Waals surface area (Å²) in [7, 11) is 1.33. The van der Waals surface area contributed by atoms with Crippen molar-refractivity contribution in [2.24, 2.45) is 0 Å². The molecule has 2 aromatic carbocycles. The molecule has 4 nitrogen and oxygen atoms in total. The molecule has 2 rings (SSSR count). The fourth-order valence-electron chi connectivity index (χ4n) is 1.88. The number of ether oxygens (including phenoxy) is 1. The van der Waals surface area contributed by atoms with Crippen molar-refractivity contribution in [2.75, 3.05) is 7.11 Å². The van der Waals surface area contributed by atoms with Crippen LogP contribution in [-0.4, -0.2) is 29.2 Å². The van der Waals surface area contributed by atoms with Crippen molar-refractivity contribution in [3.8, 4) is 0 Å². The lowest BCUT2D eigenvalue weighted by molar-refractivity contribution is -0.783. The minimum atomic E-state index is -0.426. The van der Waals surface area contributed by atoms with E-state index in [1.807, 2.05) is 30.3 Å². The van der Waals surface area contributed by atoms with E-state index in [-0.39, 0.29) is 0 Å². The lowest BCUT2D eigenvalue weighted by Gasteiger charge is -2.01. The number of carbonyl (C=O) groups is 1. The van der Waals surface area contributed by atoms with Gasteiger partial charge in [-0.3, -0.25) is 5.21 Å². The van der Waals surface area contributed by atoms with Crippen LogP contribution >= 0.6 is 0 Å². The first-order chi connectivity index (χ1) is 9.70. The zero-order valence-corrected chi connectivity index (χ0v) is 11.2. The molecule has 102 valence electrons. The topological polar surface area (TPSA) is 49.5 Å². The van der Waals surface area contributed by atoms with E-state index in [4.69, 9.17) is 4.74 Å². The zero-order valence-electron chi connectivity index (χ0n) is 11.2. The summed E-state index contributed by atoms with van der Waals surface area (Å²) in [6.45, 7) is 0.344. The Labute approximate surface area is 117 Å². The number of rotatable bonds is 4. The third-order valence-electron chi connectivity index (χ3n) is 2.84. The summed E-state index contributed by atoms with van der Waals surface area (Å²) in [5.41, 5.74) is 2.00. The first-order valence-electron chi connectivity index (χ1n) is 6.22. The van der Waals surface area contributed by atoms with Crippen molar-refractivity contribution < 1.29 is 19.5 Å². The maximum atomic E-state index is 11.6. The van der Waals surface area contributed by atoms with E-state index in [0.717, 1.165) is 10.3 Å². The first-order valence-corrected chi connectivity index (χ1v) is 6.22. The van der Waals surface area contributed by atoms with E-state index in [9.17, 15) is 10.0 Å². The highest BCUT2D eigenvalue weighted by atomic mass is 16.5. The molecule has 0 amide bonds. The molecule has 0 saturated carbocycles. The van der Waals surface area contributed by atoms with E-state index in [1.165, 1.54) is 13.3 Å². The van der Waals surface area contributed by atoms with Gasteiger partial charge in [0, 0.05) is 5.56 Å². The van der Waals surface area contributed by atoms with Gasteiger partial charge in [0.2, 0.25) is 12.8 Å². The van der Waals surface area contributed by atoms with Crippen LogP contribution in [0.3, 0.4) is 0 Å². The van der Waals surface area contributed by atoms with Crippen molar-refractivity contribution in [2.45, 2.75) is 6.54 Å². The maximum Gasteiger partial charge on any atom is 0.338 e. The number of hydrogen-bond donors (Lipinski definition) is 1. The van der Waals surface area contributed by atoms with Crippen molar-refractivity contribution in [1.82, 2.24) is 0 Å². The maximum absolute atomic E-state index is 11.6. The van der Waals surface area contributed by atoms with Gasteiger partial charge in [-0.1, -0.05) is 42.5 Å². The van der Waals surface area contributed by atoms with E-state index >= 15 is 0 Å². The number of carbonyl (C=O) groups excluding carboxylic acids is 1. The van der Waals surface area contributed by atoms with Crippen LogP contribution in [0, 0.1) is 0 Å². The number of hydroxylamine groups is 1. The van der Waals surface area contributed by atoms with Crippen LogP contribution in [-0.2, 0) is 11.3 Å². The molecule has 0 atom stereocenters. The normalized spacial score (nSPS) is 11.2. The van der Waals surface area contributed by atoms with E-state index in [2.05, 4.69) is 0 Å². The van der Waals surface area contributed by atoms with Crippen molar-refractivity contribution in [1.29, 1.82) is 0 Å². The van der Waals surface area contributed by atoms with E-state index in [0.29, 0.717) is 17.7 Å². The molecule has 0 heterocycles. The van der Waals surface area contributed by atoms with Gasteiger partial charge < -0.3 is 4.74 Å². The smallest absolute Gasteiger partial charge is 0.338 e. The number of esters is 1. The van der Waals surface area contributed by atoms with Gasteiger partial charge in [-0.25, -0.2) is 4.79 Å². The van der Waals surface area contributed by atoms with E-state index < -0.39 is 5.97 Å². The van der Waals surface area contributed by atoms with Crippen LogP contribution < -0.4 is 0 Å². The van der Waals surface area contributed by atoms with E-state index in [1.54, 1.807) is 24.3 Å². The third-order valence-corrected chi connectivity index (χ3v) is 2.84. The average molecular weight is 270 g/mol. The Balaban J connectivity index is 2.24. The van der Waals surface area contributed by atoms with Crippen LogP contribution in [0.2, 0.25) is 0 Å². The van der Waals surface area contributed by atoms with Gasteiger partial charge in [0.15, 0.2) is 0 Å². The number of hydrogen-bond acceptors (Lipinski definition) is 3. The van der Waals surface area contributed by atoms with Gasteiger partial charge in [-0.15, -0.1) is 0 Å². The highest BCUT2D eigenvalue weighted by Crippen LogP contribution is 2.08. The second-order valence-electron chi connectivity index (χ2n) is 4.29. The SMILES string of the molecule is COC(=O)c1ccccc1C=[N+](O)Cc1ccccc1. The second-order valence-corrected chi connectivity index (χ2v) is 4.29. The molecule has 0 spiro atoms. The number of methoxy groups -OCH3 is 1. The summed E-state index contributed by atoms with van der Waals surface area (Å²) >= 11 is 0. The summed E-state index contributed by atoms with van der Waals surface area (Å²) in [4.78, 5) is 11.6. The predicted molar refractivity (Wildman–Crippen MR) is 75.1 cm³/mol. The fourth-order valence-corrected chi connectivity index (χ4v) is 1.88. The van der Waals surface area contributed by atoms with Crippen LogP contribution in [0.1, 0.15) is 21.5 Å². The number of benzene rings is 2. The molecule has 0 unspecified atom stereocenters. The molecule has 1 N–H and O–H groups in total. The van der Waals surface area contributed by atoms with Crippen LogP contribution in [0.5, 0.6) is 0 Å². The quantitative estimate of drug-likeness (QED) is 0.305. The third kappa shape index (κ3) is 3.45. The highest BCUT2D eigenvalue weighted by molar-refractivity contribution is 5.98. The second kappa shape index (κ2) is 6.52. The van der Waals surface area contributed by atoms with Crippen LogP contribution in [0.15, 0.2) is 54.6 Å².